The number of carbonyl (C=O) groups excluding carboxylic acids is 1. The van der Waals surface area contributed by atoms with Crippen LogP contribution in [0.4, 0.5) is 0 Å². The van der Waals surface area contributed by atoms with Crippen molar-refractivity contribution in [2.24, 2.45) is 5.41 Å². The van der Waals surface area contributed by atoms with Gasteiger partial charge in [-0.3, -0.25) is 4.79 Å². The van der Waals surface area contributed by atoms with Crippen LogP contribution in [-0.4, -0.2) is 23.9 Å². The van der Waals surface area contributed by atoms with E-state index in [9.17, 15) is 4.79 Å². The van der Waals surface area contributed by atoms with E-state index in [0.29, 0.717) is 11.3 Å². The Hall–Kier alpha value is -1.31. The van der Waals surface area contributed by atoms with Crippen LogP contribution < -0.4 is 0 Å². The molecule has 0 bridgehead atoms. The minimum Gasteiger partial charge on any atom is -0.342 e. The van der Waals surface area contributed by atoms with Gasteiger partial charge in [-0.1, -0.05) is 45.0 Å². The number of rotatable bonds is 0. The van der Waals surface area contributed by atoms with Crippen LogP contribution in [0.5, 0.6) is 0 Å². The van der Waals surface area contributed by atoms with E-state index in [-0.39, 0.29) is 5.41 Å². The van der Waals surface area contributed by atoms with E-state index < -0.39 is 0 Å². The van der Waals surface area contributed by atoms with Crippen molar-refractivity contribution in [1.29, 1.82) is 0 Å². The van der Waals surface area contributed by atoms with Crippen molar-refractivity contribution in [3.05, 3.63) is 35.4 Å². The van der Waals surface area contributed by atoms with E-state index in [2.05, 4.69) is 29.2 Å². The quantitative estimate of drug-likeness (QED) is 0.707. The summed E-state index contributed by atoms with van der Waals surface area (Å²) >= 11 is 0. The van der Waals surface area contributed by atoms with Gasteiger partial charge in [-0.25, -0.2) is 0 Å². The lowest BCUT2D eigenvalue weighted by atomic mass is 9.73. The molecule has 1 fully saturated rings. The fourth-order valence-corrected chi connectivity index (χ4v) is 3.90. The van der Waals surface area contributed by atoms with Crippen molar-refractivity contribution < 1.29 is 4.79 Å². The van der Waals surface area contributed by atoms with Crippen molar-refractivity contribution in [2.45, 2.75) is 51.9 Å². The van der Waals surface area contributed by atoms with Crippen LogP contribution >= 0.6 is 0 Å². The molecule has 0 atom stereocenters. The normalized spacial score (nSPS) is 21.1. The summed E-state index contributed by atoms with van der Waals surface area (Å²) in [4.78, 5) is 14.5. The Labute approximate surface area is 122 Å². The van der Waals surface area contributed by atoms with Gasteiger partial charge in [0.15, 0.2) is 0 Å². The Morgan fingerprint density at radius 1 is 1.10 bits per heavy atom. The molecule has 1 aromatic rings. The summed E-state index contributed by atoms with van der Waals surface area (Å²) in [5.74, 6) is 0.304. The molecule has 108 valence electrons. The lowest BCUT2D eigenvalue weighted by Gasteiger charge is -2.42. The highest BCUT2D eigenvalue weighted by atomic mass is 16.2. The molecular formula is C18H25NO. The largest absolute Gasteiger partial charge is 0.342 e. The maximum Gasteiger partial charge on any atom is 0.227 e. The predicted octanol–water partition coefficient (Wildman–Crippen LogP) is 3.54. The fraction of sp³-hybridized carbons (Fsp3) is 0.611. The number of likely N-dealkylation sites (tertiary alicyclic amines) is 1. The van der Waals surface area contributed by atoms with Gasteiger partial charge in [-0.05, 0) is 42.2 Å². The van der Waals surface area contributed by atoms with Gasteiger partial charge in [0.1, 0.15) is 0 Å². The van der Waals surface area contributed by atoms with Crippen LogP contribution in [0, 0.1) is 5.41 Å². The van der Waals surface area contributed by atoms with Gasteiger partial charge in [0.25, 0.3) is 0 Å². The SMILES string of the molecule is CC(C)(C)C(=O)N1CCC2(CCc3ccccc32)CC1. The van der Waals surface area contributed by atoms with E-state index in [1.54, 1.807) is 5.56 Å². The lowest BCUT2D eigenvalue weighted by molar-refractivity contribution is -0.141. The number of piperidine rings is 1. The molecule has 1 heterocycles. The minimum atomic E-state index is -0.252. The monoisotopic (exact) mass is 271 g/mol. The summed E-state index contributed by atoms with van der Waals surface area (Å²) in [5, 5.41) is 0. The second kappa shape index (κ2) is 4.61. The first-order valence-corrected chi connectivity index (χ1v) is 7.80. The molecule has 1 saturated heterocycles. The molecule has 1 aliphatic heterocycles. The number of amides is 1. The average molecular weight is 271 g/mol. The summed E-state index contributed by atoms with van der Waals surface area (Å²) in [6.45, 7) is 7.90. The molecule has 3 rings (SSSR count). The molecule has 0 N–H and O–H groups in total. The van der Waals surface area contributed by atoms with Crippen LogP contribution in [0.25, 0.3) is 0 Å². The Kier molecular flexibility index (Phi) is 3.15. The molecule has 2 aliphatic rings. The molecule has 1 spiro atoms. The summed E-state index contributed by atoms with van der Waals surface area (Å²) in [6, 6.07) is 8.90. The van der Waals surface area contributed by atoms with Gasteiger partial charge < -0.3 is 4.90 Å². The smallest absolute Gasteiger partial charge is 0.227 e. The zero-order chi connectivity index (χ0) is 14.4. The Morgan fingerprint density at radius 3 is 2.40 bits per heavy atom. The zero-order valence-corrected chi connectivity index (χ0v) is 12.9. The zero-order valence-electron chi connectivity index (χ0n) is 12.9. The minimum absolute atomic E-state index is 0.252. The molecule has 1 amide bonds. The first-order chi connectivity index (χ1) is 9.42. The number of hydrogen-bond acceptors (Lipinski definition) is 1. The summed E-state index contributed by atoms with van der Waals surface area (Å²) < 4.78 is 0. The molecular weight excluding hydrogens is 246 g/mol. The second-order valence-electron chi connectivity index (χ2n) is 7.48. The first-order valence-electron chi connectivity index (χ1n) is 7.80. The molecule has 1 aromatic carbocycles. The maximum absolute atomic E-state index is 12.4. The Morgan fingerprint density at radius 2 is 1.75 bits per heavy atom. The summed E-state index contributed by atoms with van der Waals surface area (Å²) in [5.41, 5.74) is 3.19. The number of hydrogen-bond donors (Lipinski definition) is 0. The topological polar surface area (TPSA) is 20.3 Å². The highest BCUT2D eigenvalue weighted by Gasteiger charge is 2.42. The molecule has 0 saturated carbocycles. The molecule has 0 radical (unpaired) electrons. The van der Waals surface area contributed by atoms with Crippen molar-refractivity contribution in [3.63, 3.8) is 0 Å². The summed E-state index contributed by atoms with van der Waals surface area (Å²) in [6.07, 6.45) is 4.74. The van der Waals surface area contributed by atoms with Gasteiger partial charge in [-0.2, -0.15) is 0 Å². The van der Waals surface area contributed by atoms with Crippen LogP contribution in [0.1, 0.15) is 51.2 Å². The number of benzene rings is 1. The van der Waals surface area contributed by atoms with Crippen molar-refractivity contribution in [2.75, 3.05) is 13.1 Å². The molecule has 2 nitrogen and oxygen atoms in total. The van der Waals surface area contributed by atoms with E-state index >= 15 is 0 Å². The third-order valence-corrected chi connectivity index (χ3v) is 5.11. The third-order valence-electron chi connectivity index (χ3n) is 5.11. The highest BCUT2D eigenvalue weighted by molar-refractivity contribution is 5.81. The van der Waals surface area contributed by atoms with Crippen LogP contribution in [0.15, 0.2) is 24.3 Å². The van der Waals surface area contributed by atoms with Crippen LogP contribution in [0.3, 0.4) is 0 Å². The number of carbonyl (C=O) groups is 1. The number of nitrogens with zero attached hydrogens (tertiary/aromatic N) is 1. The van der Waals surface area contributed by atoms with Crippen LogP contribution in [0.2, 0.25) is 0 Å². The van der Waals surface area contributed by atoms with Gasteiger partial charge in [0.05, 0.1) is 0 Å². The van der Waals surface area contributed by atoms with Gasteiger partial charge in [-0.15, -0.1) is 0 Å². The summed E-state index contributed by atoms with van der Waals surface area (Å²) in [7, 11) is 0. The van der Waals surface area contributed by atoms with E-state index in [0.717, 1.165) is 25.9 Å². The standard InChI is InChI=1S/C18H25NO/c1-17(2,3)16(20)19-12-10-18(11-13-19)9-8-14-6-4-5-7-15(14)18/h4-7H,8-13H2,1-3H3. The molecule has 2 heteroatoms. The molecule has 20 heavy (non-hydrogen) atoms. The molecule has 1 aliphatic carbocycles. The van der Waals surface area contributed by atoms with Gasteiger partial charge in [0, 0.05) is 18.5 Å². The number of aryl methyl sites for hydroxylation is 1. The van der Waals surface area contributed by atoms with E-state index in [4.69, 9.17) is 0 Å². The Balaban J connectivity index is 1.76. The maximum atomic E-state index is 12.4. The fourth-order valence-electron chi connectivity index (χ4n) is 3.90. The average Bonchev–Trinajstić information content (AvgIpc) is 2.78. The van der Waals surface area contributed by atoms with Crippen molar-refractivity contribution in [3.8, 4) is 0 Å². The highest BCUT2D eigenvalue weighted by Crippen LogP contribution is 2.46. The van der Waals surface area contributed by atoms with Gasteiger partial charge in [0.2, 0.25) is 5.91 Å². The van der Waals surface area contributed by atoms with Crippen molar-refractivity contribution in [1.82, 2.24) is 4.90 Å². The Bertz CT molecular complexity index is 518. The number of fused-ring (bicyclic) bond motifs is 2. The first kappa shape index (κ1) is 13.7. The predicted molar refractivity (Wildman–Crippen MR) is 81.7 cm³/mol. The molecule has 0 unspecified atom stereocenters. The van der Waals surface area contributed by atoms with Crippen LogP contribution in [-0.2, 0) is 16.6 Å². The molecule has 0 aromatic heterocycles. The van der Waals surface area contributed by atoms with E-state index in [1.165, 1.54) is 18.4 Å². The lowest BCUT2D eigenvalue weighted by Crippen LogP contribution is -2.48. The van der Waals surface area contributed by atoms with E-state index in [1.807, 2.05) is 20.8 Å². The van der Waals surface area contributed by atoms with Gasteiger partial charge >= 0.3 is 0 Å². The van der Waals surface area contributed by atoms with Crippen molar-refractivity contribution >= 4 is 5.91 Å². The second-order valence-corrected chi connectivity index (χ2v) is 7.48. The third kappa shape index (κ3) is 2.15.